The van der Waals surface area contributed by atoms with Crippen LogP contribution in [0.2, 0.25) is 0 Å². The van der Waals surface area contributed by atoms with E-state index >= 15 is 0 Å². The molecule has 5 nitrogen and oxygen atoms in total. The van der Waals surface area contributed by atoms with Crippen molar-refractivity contribution in [3.8, 4) is 0 Å². The van der Waals surface area contributed by atoms with E-state index in [4.69, 9.17) is 0 Å². The molecule has 0 radical (unpaired) electrons. The van der Waals surface area contributed by atoms with Crippen molar-refractivity contribution in [1.82, 2.24) is 15.2 Å². The normalized spacial score (nSPS) is 15.7. The smallest absolute Gasteiger partial charge is 0.256 e. The maximum Gasteiger partial charge on any atom is 0.256 e. The first kappa shape index (κ1) is 17.5. The van der Waals surface area contributed by atoms with Crippen LogP contribution in [0.5, 0.6) is 0 Å². The average molecular weight is 361 g/mol. The number of pyridine rings is 1. The monoisotopic (exact) mass is 361 g/mol. The molecule has 1 atom stereocenters. The molecule has 1 saturated heterocycles. The molecule has 1 aliphatic heterocycles. The predicted molar refractivity (Wildman–Crippen MR) is 107 cm³/mol. The number of aromatic nitrogens is 1. The molecular weight excluding hydrogens is 338 g/mol. The van der Waals surface area contributed by atoms with Crippen LogP contribution in [-0.2, 0) is 0 Å². The maximum absolute atomic E-state index is 12.7. The molecule has 1 fully saturated rings. The zero-order chi connectivity index (χ0) is 18.6. The Morgan fingerprint density at radius 3 is 2.52 bits per heavy atom. The molecule has 1 amide bonds. The molecule has 4 rings (SSSR count). The highest BCUT2D eigenvalue weighted by molar-refractivity contribution is 5.97. The lowest BCUT2D eigenvalue weighted by Crippen LogP contribution is -2.38. The van der Waals surface area contributed by atoms with E-state index in [0.29, 0.717) is 11.9 Å². The number of rotatable bonds is 5. The van der Waals surface area contributed by atoms with Crippen molar-refractivity contribution in [3.63, 3.8) is 0 Å². The van der Waals surface area contributed by atoms with E-state index in [9.17, 15) is 9.59 Å². The van der Waals surface area contributed by atoms with Gasteiger partial charge in [0.05, 0.1) is 6.04 Å². The molecule has 0 saturated carbocycles. The lowest BCUT2D eigenvalue weighted by molar-refractivity contribution is 0.0936. The third-order valence-electron chi connectivity index (χ3n) is 5.25. The van der Waals surface area contributed by atoms with Crippen molar-refractivity contribution in [1.29, 1.82) is 0 Å². The summed E-state index contributed by atoms with van der Waals surface area (Å²) in [6, 6.07) is 17.6. The fourth-order valence-corrected chi connectivity index (χ4v) is 3.81. The van der Waals surface area contributed by atoms with Crippen molar-refractivity contribution >= 4 is 16.8 Å². The van der Waals surface area contributed by atoms with Crippen molar-refractivity contribution < 1.29 is 4.79 Å². The van der Waals surface area contributed by atoms with Crippen LogP contribution in [0.3, 0.4) is 0 Å². The summed E-state index contributed by atoms with van der Waals surface area (Å²) >= 11 is 0. The first-order valence-corrected chi connectivity index (χ1v) is 9.41. The van der Waals surface area contributed by atoms with E-state index < -0.39 is 0 Å². The third-order valence-corrected chi connectivity index (χ3v) is 5.25. The molecule has 0 aliphatic carbocycles. The number of para-hydroxylation sites is 1. The molecule has 3 aromatic rings. The van der Waals surface area contributed by atoms with Crippen LogP contribution in [0.25, 0.3) is 10.9 Å². The Morgan fingerprint density at radius 1 is 1.04 bits per heavy atom. The molecule has 138 valence electrons. The number of hydrogen-bond donors (Lipinski definition) is 2. The van der Waals surface area contributed by atoms with Gasteiger partial charge in [-0.2, -0.15) is 0 Å². The molecule has 27 heavy (non-hydrogen) atoms. The van der Waals surface area contributed by atoms with E-state index in [2.05, 4.69) is 27.3 Å². The summed E-state index contributed by atoms with van der Waals surface area (Å²) < 4.78 is 0. The Hall–Kier alpha value is -2.92. The number of aromatic amines is 1. The number of hydrogen-bond acceptors (Lipinski definition) is 3. The summed E-state index contributed by atoms with van der Waals surface area (Å²) in [4.78, 5) is 30.8. The number of H-pyrrole nitrogens is 1. The number of fused-ring (bicyclic) bond motifs is 1. The molecular formula is C22H23N3O2. The van der Waals surface area contributed by atoms with Gasteiger partial charge in [-0.15, -0.1) is 0 Å². The van der Waals surface area contributed by atoms with E-state index in [1.807, 2.05) is 30.3 Å². The van der Waals surface area contributed by atoms with Crippen LogP contribution in [0.4, 0.5) is 0 Å². The number of nitrogens with zero attached hydrogens (tertiary/aromatic N) is 1. The summed E-state index contributed by atoms with van der Waals surface area (Å²) in [6.45, 7) is 2.55. The Balaban J connectivity index is 1.55. The van der Waals surface area contributed by atoms with Gasteiger partial charge in [0.1, 0.15) is 5.56 Å². The Bertz CT molecular complexity index is 991. The highest BCUT2D eigenvalue weighted by atomic mass is 16.2. The molecule has 2 aromatic carbocycles. The second kappa shape index (κ2) is 7.76. The van der Waals surface area contributed by atoms with Gasteiger partial charge in [-0.05, 0) is 43.6 Å². The lowest BCUT2D eigenvalue weighted by atomic mass is 10.1. The minimum atomic E-state index is -0.331. The van der Waals surface area contributed by atoms with Crippen LogP contribution in [0.15, 0.2) is 65.6 Å². The molecule has 1 aliphatic rings. The zero-order valence-corrected chi connectivity index (χ0v) is 15.2. The standard InChI is InChI=1S/C22H23N3O2/c26-21-17-10-4-5-11-19(17)23-14-18(21)22(27)24-15-20(25-12-6-7-13-25)16-8-2-1-3-9-16/h1-5,8-11,14,20H,6-7,12-13,15H2,(H,23,26)(H,24,27). The fraction of sp³-hybridized carbons (Fsp3) is 0.273. The number of nitrogens with one attached hydrogen (secondary N) is 2. The van der Waals surface area contributed by atoms with Crippen LogP contribution in [0, 0.1) is 0 Å². The Kier molecular flexibility index (Phi) is 5.03. The summed E-state index contributed by atoms with van der Waals surface area (Å²) in [6.07, 6.45) is 3.87. The first-order valence-electron chi connectivity index (χ1n) is 9.41. The zero-order valence-electron chi connectivity index (χ0n) is 15.2. The quantitative estimate of drug-likeness (QED) is 0.734. The van der Waals surface area contributed by atoms with Crippen molar-refractivity contribution in [3.05, 3.63) is 82.1 Å². The van der Waals surface area contributed by atoms with E-state index in [0.717, 1.165) is 18.6 Å². The van der Waals surface area contributed by atoms with Gasteiger partial charge in [-0.3, -0.25) is 14.5 Å². The molecule has 0 spiro atoms. The van der Waals surface area contributed by atoms with Gasteiger partial charge < -0.3 is 10.3 Å². The van der Waals surface area contributed by atoms with Crippen LogP contribution >= 0.6 is 0 Å². The molecule has 2 N–H and O–H groups in total. The molecule has 0 bridgehead atoms. The van der Waals surface area contributed by atoms with Gasteiger partial charge in [-0.25, -0.2) is 0 Å². The summed E-state index contributed by atoms with van der Waals surface area (Å²) in [5, 5.41) is 3.51. The van der Waals surface area contributed by atoms with Crippen molar-refractivity contribution in [2.45, 2.75) is 18.9 Å². The third kappa shape index (κ3) is 3.64. The molecule has 1 unspecified atom stereocenters. The van der Waals surface area contributed by atoms with Crippen molar-refractivity contribution in [2.24, 2.45) is 0 Å². The summed E-state index contributed by atoms with van der Waals surface area (Å²) in [5.74, 6) is -0.331. The minimum Gasteiger partial charge on any atom is -0.360 e. The average Bonchev–Trinajstić information content (AvgIpc) is 3.24. The van der Waals surface area contributed by atoms with E-state index in [-0.39, 0.29) is 22.9 Å². The number of benzene rings is 2. The first-order chi connectivity index (χ1) is 13.2. The summed E-state index contributed by atoms with van der Waals surface area (Å²) in [7, 11) is 0. The van der Waals surface area contributed by atoms with Crippen LogP contribution in [0.1, 0.15) is 34.8 Å². The number of carbonyl (C=O) groups excluding carboxylic acids is 1. The number of carbonyl (C=O) groups is 1. The Morgan fingerprint density at radius 2 is 1.74 bits per heavy atom. The second-order valence-electron chi connectivity index (χ2n) is 6.96. The van der Waals surface area contributed by atoms with Gasteiger partial charge in [0.15, 0.2) is 0 Å². The summed E-state index contributed by atoms with van der Waals surface area (Å²) in [5.41, 5.74) is 1.84. The second-order valence-corrected chi connectivity index (χ2v) is 6.96. The molecule has 1 aromatic heterocycles. The minimum absolute atomic E-state index is 0.122. The van der Waals surface area contributed by atoms with Gasteiger partial charge in [0.2, 0.25) is 5.43 Å². The van der Waals surface area contributed by atoms with Gasteiger partial charge >= 0.3 is 0 Å². The highest BCUT2D eigenvalue weighted by Gasteiger charge is 2.24. The number of likely N-dealkylation sites (tertiary alicyclic amines) is 1. The van der Waals surface area contributed by atoms with E-state index in [1.54, 1.807) is 12.1 Å². The van der Waals surface area contributed by atoms with Gasteiger partial charge in [-0.1, -0.05) is 42.5 Å². The van der Waals surface area contributed by atoms with Crippen molar-refractivity contribution in [2.75, 3.05) is 19.6 Å². The highest BCUT2D eigenvalue weighted by Crippen LogP contribution is 2.24. The lowest BCUT2D eigenvalue weighted by Gasteiger charge is -2.28. The topological polar surface area (TPSA) is 65.2 Å². The number of amides is 1. The largest absolute Gasteiger partial charge is 0.360 e. The van der Waals surface area contributed by atoms with E-state index in [1.165, 1.54) is 24.6 Å². The fourth-order valence-electron chi connectivity index (χ4n) is 3.81. The molecule has 5 heteroatoms. The van der Waals surface area contributed by atoms with Gasteiger partial charge in [0, 0.05) is 23.6 Å². The van der Waals surface area contributed by atoms with Crippen LogP contribution < -0.4 is 10.7 Å². The molecule has 2 heterocycles. The van der Waals surface area contributed by atoms with Gasteiger partial charge in [0.25, 0.3) is 5.91 Å². The predicted octanol–water partition coefficient (Wildman–Crippen LogP) is 3.10. The SMILES string of the molecule is O=C(NCC(c1ccccc1)N1CCCC1)c1c[nH]c2ccccc2c1=O. The maximum atomic E-state index is 12.7. The Labute approximate surface area is 158 Å². The van der Waals surface area contributed by atoms with Crippen LogP contribution in [-0.4, -0.2) is 35.4 Å².